The zero-order valence-electron chi connectivity index (χ0n) is 23.0. The fraction of sp³-hybridized carbons (Fsp3) is 0.607. The predicted octanol–water partition coefficient (Wildman–Crippen LogP) is 1.04. The van der Waals surface area contributed by atoms with E-state index >= 15 is 4.39 Å². The Balaban J connectivity index is 1.57. The number of ether oxygens (including phenoxy) is 2. The summed E-state index contributed by atoms with van der Waals surface area (Å²) < 4.78 is 29.3. The van der Waals surface area contributed by atoms with E-state index in [9.17, 15) is 19.5 Å². The molecule has 0 bridgehead atoms. The van der Waals surface area contributed by atoms with E-state index in [1.807, 2.05) is 30.6 Å². The fourth-order valence-electron chi connectivity index (χ4n) is 6.10. The molecule has 1 saturated carbocycles. The van der Waals surface area contributed by atoms with Gasteiger partial charge in [0.1, 0.15) is 17.8 Å². The molecule has 1 aromatic carbocycles. The van der Waals surface area contributed by atoms with Crippen molar-refractivity contribution in [1.29, 1.82) is 0 Å². The van der Waals surface area contributed by atoms with Crippen LogP contribution in [0.3, 0.4) is 0 Å². The number of rotatable bonds is 9. The number of carboxylic acid groups (broad SMARTS) is 1. The normalized spacial score (nSPS) is 22.0. The highest BCUT2D eigenvalue weighted by Crippen LogP contribution is 2.45. The molecule has 3 aliphatic rings. The zero-order chi connectivity index (χ0) is 28.1. The number of aromatic nitrogens is 1. The molecule has 1 aliphatic carbocycles. The second-order valence-electron chi connectivity index (χ2n) is 12.1. The summed E-state index contributed by atoms with van der Waals surface area (Å²) in [4.78, 5) is 40.2. The third-order valence-corrected chi connectivity index (χ3v) is 7.90. The van der Waals surface area contributed by atoms with Gasteiger partial charge in [-0.3, -0.25) is 4.79 Å². The van der Waals surface area contributed by atoms with Crippen LogP contribution in [0.25, 0.3) is 10.9 Å². The molecule has 2 aliphatic heterocycles. The van der Waals surface area contributed by atoms with Gasteiger partial charge in [-0.25, -0.2) is 9.18 Å². The maximum absolute atomic E-state index is 15.8. The van der Waals surface area contributed by atoms with Crippen LogP contribution in [0.4, 0.5) is 10.1 Å². The number of nitrogens with one attached hydrogen (secondary N) is 1. The summed E-state index contributed by atoms with van der Waals surface area (Å²) in [6.07, 6.45) is 3.82. The number of hydrogen-bond donors (Lipinski definition) is 1. The maximum Gasteiger partial charge on any atom is 0.344 e. The standard InChI is InChI=1S/C28H37FN4O6/c1-33(2,3)15-18(10-23(34)35)39-28(37)20-13-32(17-7-8-17)24-19(26(20)36)11-21(29)25(27(24)38-4)31-12-16-6-5-9-30-22(16)14-31/h11,13,16-18,22,30H,5-10,12,14-15H2,1-4H3/t16-,18?,22+/m0/s1. The molecule has 11 heteroatoms. The van der Waals surface area contributed by atoms with Crippen LogP contribution >= 0.6 is 0 Å². The van der Waals surface area contributed by atoms with Gasteiger partial charge < -0.3 is 38.6 Å². The molecule has 3 atom stereocenters. The largest absolute Gasteiger partial charge is 0.550 e. The van der Waals surface area contributed by atoms with Crippen molar-refractivity contribution in [1.82, 2.24) is 9.88 Å². The maximum atomic E-state index is 15.8. The van der Waals surface area contributed by atoms with Crippen molar-refractivity contribution in [3.05, 3.63) is 33.9 Å². The first-order chi connectivity index (χ1) is 18.5. The summed E-state index contributed by atoms with van der Waals surface area (Å²) in [7, 11) is 6.98. The number of pyridine rings is 1. The molecule has 2 aromatic rings. The third kappa shape index (κ3) is 5.60. The number of aliphatic carboxylic acids is 1. The van der Waals surface area contributed by atoms with Gasteiger partial charge >= 0.3 is 5.97 Å². The number of quaternary nitrogens is 1. The smallest absolute Gasteiger partial charge is 0.344 e. The molecule has 0 spiro atoms. The number of carboxylic acids is 1. The minimum absolute atomic E-state index is 0.0277. The second kappa shape index (κ2) is 10.4. The van der Waals surface area contributed by atoms with Crippen molar-refractivity contribution < 1.29 is 33.0 Å². The van der Waals surface area contributed by atoms with Crippen molar-refractivity contribution >= 4 is 28.5 Å². The molecule has 1 unspecified atom stereocenters. The number of benzene rings is 1. The highest BCUT2D eigenvalue weighted by Gasteiger charge is 2.38. The lowest BCUT2D eigenvalue weighted by molar-refractivity contribution is -0.873. The van der Waals surface area contributed by atoms with Crippen LogP contribution in [0.2, 0.25) is 0 Å². The van der Waals surface area contributed by atoms with E-state index in [0.717, 1.165) is 32.2 Å². The summed E-state index contributed by atoms with van der Waals surface area (Å²) in [5.41, 5.74) is -0.143. The first-order valence-corrected chi connectivity index (χ1v) is 13.6. The number of anilines is 1. The number of piperidine rings is 1. The summed E-state index contributed by atoms with van der Waals surface area (Å²) in [5, 5.41) is 14.9. The molecule has 2 saturated heterocycles. The van der Waals surface area contributed by atoms with Gasteiger partial charge in [0, 0.05) is 43.8 Å². The molecule has 39 heavy (non-hydrogen) atoms. The number of esters is 1. The van der Waals surface area contributed by atoms with Gasteiger partial charge in [0.15, 0.2) is 17.7 Å². The van der Waals surface area contributed by atoms with Crippen molar-refractivity contribution in [3.8, 4) is 5.75 Å². The molecular weight excluding hydrogens is 507 g/mol. The lowest BCUT2D eigenvalue weighted by Gasteiger charge is -2.29. The Morgan fingerprint density at radius 3 is 2.59 bits per heavy atom. The van der Waals surface area contributed by atoms with E-state index in [0.29, 0.717) is 34.7 Å². The van der Waals surface area contributed by atoms with Gasteiger partial charge in [0.2, 0.25) is 5.43 Å². The number of nitrogens with zero attached hydrogens (tertiary/aromatic N) is 3. The molecule has 3 heterocycles. The van der Waals surface area contributed by atoms with Crippen LogP contribution in [0.5, 0.6) is 5.75 Å². The number of fused-ring (bicyclic) bond motifs is 2. The molecule has 212 valence electrons. The Morgan fingerprint density at radius 1 is 1.23 bits per heavy atom. The highest BCUT2D eigenvalue weighted by atomic mass is 19.1. The topological polar surface area (TPSA) is 113 Å². The quantitative estimate of drug-likeness (QED) is 0.368. The molecular formula is C28H37FN4O6. The number of carbonyl (C=O) groups is 2. The van der Waals surface area contributed by atoms with Crippen LogP contribution in [-0.2, 0) is 9.53 Å². The van der Waals surface area contributed by atoms with E-state index in [2.05, 4.69) is 5.32 Å². The van der Waals surface area contributed by atoms with Crippen molar-refractivity contribution in [2.24, 2.45) is 5.92 Å². The van der Waals surface area contributed by atoms with Gasteiger partial charge in [-0.2, -0.15) is 0 Å². The SMILES string of the molecule is COc1c(N2C[C@@H]3CCCN[C@@H]3C2)c(F)cc2c(=O)c(C(=O)OC(CC(=O)[O-])C[N+](C)(C)C)cn(C3CC3)c12. The van der Waals surface area contributed by atoms with Gasteiger partial charge in [-0.05, 0) is 44.2 Å². The zero-order valence-corrected chi connectivity index (χ0v) is 23.0. The van der Waals surface area contributed by atoms with Crippen LogP contribution in [0, 0.1) is 11.7 Å². The van der Waals surface area contributed by atoms with Crippen molar-refractivity contribution in [3.63, 3.8) is 0 Å². The number of likely N-dealkylation sites (N-methyl/N-ethyl adjacent to an activating group) is 1. The average molecular weight is 545 g/mol. The van der Waals surface area contributed by atoms with Crippen molar-refractivity contribution in [2.75, 3.05) is 59.3 Å². The molecule has 5 rings (SSSR count). The lowest BCUT2D eigenvalue weighted by Crippen LogP contribution is -2.45. The highest BCUT2D eigenvalue weighted by molar-refractivity contribution is 5.98. The Morgan fingerprint density at radius 2 is 1.97 bits per heavy atom. The lowest BCUT2D eigenvalue weighted by atomic mass is 9.94. The minimum atomic E-state index is -1.36. The average Bonchev–Trinajstić information content (AvgIpc) is 3.60. The Kier molecular flexibility index (Phi) is 7.32. The monoisotopic (exact) mass is 544 g/mol. The minimum Gasteiger partial charge on any atom is -0.550 e. The van der Waals surface area contributed by atoms with E-state index < -0.39 is 35.7 Å². The van der Waals surface area contributed by atoms with E-state index in [1.54, 1.807) is 0 Å². The summed E-state index contributed by atoms with van der Waals surface area (Å²) in [6.45, 7) is 2.50. The van der Waals surface area contributed by atoms with Crippen LogP contribution < -0.4 is 25.5 Å². The number of carbonyl (C=O) groups excluding carboxylic acids is 2. The molecule has 1 aromatic heterocycles. The molecule has 3 fully saturated rings. The van der Waals surface area contributed by atoms with Gasteiger partial charge in [-0.15, -0.1) is 0 Å². The summed E-state index contributed by atoms with van der Waals surface area (Å²) in [5.74, 6) is -2.17. The van der Waals surface area contributed by atoms with Crippen LogP contribution in [0.15, 0.2) is 17.1 Å². The Bertz CT molecular complexity index is 1330. The summed E-state index contributed by atoms with van der Waals surface area (Å²) in [6, 6.07) is 1.51. The second-order valence-corrected chi connectivity index (χ2v) is 12.1. The number of halogens is 1. The molecule has 10 nitrogen and oxygen atoms in total. The summed E-state index contributed by atoms with van der Waals surface area (Å²) >= 11 is 0. The van der Waals surface area contributed by atoms with E-state index in [-0.39, 0.29) is 35.3 Å². The Labute approximate surface area is 226 Å². The van der Waals surface area contributed by atoms with Crippen molar-refractivity contribution in [2.45, 2.75) is 50.3 Å². The number of methoxy groups -OCH3 is 1. The van der Waals surface area contributed by atoms with Crippen LogP contribution in [-0.4, -0.2) is 87.6 Å². The molecule has 1 N–H and O–H groups in total. The van der Waals surface area contributed by atoms with E-state index in [1.165, 1.54) is 19.4 Å². The molecule has 0 amide bonds. The van der Waals surface area contributed by atoms with Gasteiger partial charge in [-0.1, -0.05) is 0 Å². The third-order valence-electron chi connectivity index (χ3n) is 7.90. The molecule has 0 radical (unpaired) electrons. The van der Waals surface area contributed by atoms with Gasteiger partial charge in [0.05, 0.1) is 39.2 Å². The first-order valence-electron chi connectivity index (χ1n) is 13.6. The van der Waals surface area contributed by atoms with Gasteiger partial charge in [0.25, 0.3) is 0 Å². The van der Waals surface area contributed by atoms with Crippen LogP contribution in [0.1, 0.15) is 48.5 Å². The predicted molar refractivity (Wildman–Crippen MR) is 141 cm³/mol. The fourth-order valence-corrected chi connectivity index (χ4v) is 6.10. The Hall–Kier alpha value is -3.18. The number of hydrogen-bond acceptors (Lipinski definition) is 8. The first kappa shape index (κ1) is 27.4. The van der Waals surface area contributed by atoms with E-state index in [4.69, 9.17) is 9.47 Å².